The maximum atomic E-state index is 6.05. The number of nitrogens with one attached hydrogen (secondary N) is 2. The second kappa shape index (κ2) is 6.79. The van der Waals surface area contributed by atoms with Crippen LogP contribution in [0, 0.1) is 11.3 Å². The van der Waals surface area contributed by atoms with Gasteiger partial charge < -0.3 is 15.4 Å². The van der Waals surface area contributed by atoms with Crippen LogP contribution in [-0.2, 0) is 11.3 Å². The van der Waals surface area contributed by atoms with Gasteiger partial charge in [0.25, 0.3) is 0 Å². The lowest BCUT2D eigenvalue weighted by Gasteiger charge is -2.63. The number of benzene rings is 1. The molecule has 142 valence electrons. The summed E-state index contributed by atoms with van der Waals surface area (Å²) in [6.45, 7) is 4.57. The Morgan fingerprint density at radius 2 is 2.19 bits per heavy atom. The van der Waals surface area contributed by atoms with Crippen molar-refractivity contribution >= 4 is 16.9 Å². The van der Waals surface area contributed by atoms with Gasteiger partial charge in [-0.3, -0.25) is 4.98 Å². The van der Waals surface area contributed by atoms with Gasteiger partial charge in [-0.2, -0.15) is 0 Å². The zero-order chi connectivity index (χ0) is 18.3. The van der Waals surface area contributed by atoms with Crippen LogP contribution in [0.2, 0.25) is 0 Å². The van der Waals surface area contributed by atoms with Gasteiger partial charge in [0.1, 0.15) is 0 Å². The zero-order valence-electron chi connectivity index (χ0n) is 15.9. The summed E-state index contributed by atoms with van der Waals surface area (Å²) in [5, 5.41) is 8.41. The lowest BCUT2D eigenvalue weighted by molar-refractivity contribution is -0.171. The number of para-hydroxylation sites is 1. The zero-order valence-corrected chi connectivity index (χ0v) is 15.9. The Bertz CT molecular complexity index is 855. The Morgan fingerprint density at radius 1 is 1.30 bits per heavy atom. The van der Waals surface area contributed by atoms with Gasteiger partial charge in [0.2, 0.25) is 0 Å². The quantitative estimate of drug-likeness (QED) is 0.646. The summed E-state index contributed by atoms with van der Waals surface area (Å²) in [5.41, 5.74) is 2.61. The van der Waals surface area contributed by atoms with Crippen LogP contribution >= 0.6 is 0 Å². The molecule has 1 spiro atoms. The van der Waals surface area contributed by atoms with E-state index in [1.54, 1.807) is 0 Å². The molecule has 3 aliphatic rings. The highest BCUT2D eigenvalue weighted by molar-refractivity contribution is 5.83. The molecule has 3 atom stereocenters. The molecule has 3 unspecified atom stereocenters. The van der Waals surface area contributed by atoms with Gasteiger partial charge >= 0.3 is 0 Å². The van der Waals surface area contributed by atoms with Crippen LogP contribution < -0.4 is 10.6 Å². The largest absolute Gasteiger partial charge is 0.377 e. The van der Waals surface area contributed by atoms with Gasteiger partial charge in [-0.05, 0) is 43.9 Å². The number of aliphatic imine (C=N–C) groups is 1. The van der Waals surface area contributed by atoms with Crippen LogP contribution in [0.5, 0.6) is 0 Å². The van der Waals surface area contributed by atoms with Gasteiger partial charge in [0.15, 0.2) is 5.96 Å². The summed E-state index contributed by atoms with van der Waals surface area (Å²) in [5.74, 6) is 1.58. The van der Waals surface area contributed by atoms with Crippen LogP contribution in [0.4, 0.5) is 0 Å². The molecule has 0 amide bonds. The average Bonchev–Trinajstić information content (AvgIpc) is 3.07. The lowest BCUT2D eigenvalue weighted by Crippen LogP contribution is -2.72. The molecular formula is C22H28N4O. The Kier molecular flexibility index (Phi) is 4.27. The summed E-state index contributed by atoms with van der Waals surface area (Å²) < 4.78 is 6.05. The minimum absolute atomic E-state index is 0.362. The Balaban J connectivity index is 1.36. The normalized spacial score (nSPS) is 28.5. The van der Waals surface area contributed by atoms with Gasteiger partial charge in [-0.1, -0.05) is 24.6 Å². The van der Waals surface area contributed by atoms with Crippen molar-refractivity contribution in [1.82, 2.24) is 15.6 Å². The van der Waals surface area contributed by atoms with Crippen molar-refractivity contribution < 1.29 is 4.74 Å². The van der Waals surface area contributed by atoms with E-state index in [9.17, 15) is 0 Å². The smallest absolute Gasteiger partial charge is 0.191 e. The maximum Gasteiger partial charge on any atom is 0.191 e. The highest BCUT2D eigenvalue weighted by Crippen LogP contribution is 2.62. The first-order chi connectivity index (χ1) is 13.3. The number of ether oxygens (including phenoxy) is 1. The number of pyridine rings is 1. The number of guanidine groups is 1. The van der Waals surface area contributed by atoms with E-state index in [-0.39, 0.29) is 0 Å². The standard InChI is InChI=1S/C22H28N4O/c1-2-23-21(25-14-15-8-12-24-18-7-4-3-6-16(15)18)26-19-17-9-13-27-20(17)22(19)10-5-11-22/h3-4,6-8,12,17,19-20H,2,5,9-11,13-14H2,1H3,(H2,23,25,26). The molecule has 0 bridgehead atoms. The van der Waals surface area contributed by atoms with E-state index in [1.807, 2.05) is 12.3 Å². The van der Waals surface area contributed by atoms with E-state index < -0.39 is 0 Å². The van der Waals surface area contributed by atoms with Gasteiger partial charge in [0, 0.05) is 42.1 Å². The summed E-state index contributed by atoms with van der Waals surface area (Å²) in [6, 6.07) is 10.9. The molecule has 2 heterocycles. The van der Waals surface area contributed by atoms with E-state index in [0.717, 1.165) is 24.6 Å². The summed E-state index contributed by atoms with van der Waals surface area (Å²) in [7, 11) is 0. The fourth-order valence-electron chi connectivity index (χ4n) is 5.38. The minimum atomic E-state index is 0.362. The van der Waals surface area contributed by atoms with E-state index in [4.69, 9.17) is 9.73 Å². The molecule has 3 fully saturated rings. The number of hydrogen-bond acceptors (Lipinski definition) is 3. The molecule has 5 rings (SSSR count). The molecule has 1 aliphatic heterocycles. The number of fused-ring (bicyclic) bond motifs is 3. The second-order valence-electron chi connectivity index (χ2n) is 8.14. The molecule has 2 aromatic rings. The minimum Gasteiger partial charge on any atom is -0.377 e. The number of rotatable bonds is 4. The molecule has 5 nitrogen and oxygen atoms in total. The van der Waals surface area contributed by atoms with Crippen LogP contribution in [0.25, 0.3) is 10.9 Å². The van der Waals surface area contributed by atoms with E-state index in [0.29, 0.717) is 30.0 Å². The number of nitrogens with zero attached hydrogens (tertiary/aromatic N) is 2. The molecule has 2 N–H and O–H groups in total. The first-order valence-corrected chi connectivity index (χ1v) is 10.3. The highest BCUT2D eigenvalue weighted by Gasteiger charge is 2.66. The van der Waals surface area contributed by atoms with Crippen molar-refractivity contribution in [2.75, 3.05) is 13.2 Å². The SMILES string of the molecule is CCNC(=NCc1ccnc2ccccc12)NC1C2CCOC2C12CCC2. The molecule has 2 saturated carbocycles. The van der Waals surface area contributed by atoms with Crippen molar-refractivity contribution in [3.05, 3.63) is 42.1 Å². The lowest BCUT2D eigenvalue weighted by atomic mass is 9.46. The van der Waals surface area contributed by atoms with Crippen LogP contribution in [0.1, 0.15) is 38.2 Å². The third-order valence-electron chi connectivity index (χ3n) is 6.82. The molecule has 2 aliphatic carbocycles. The predicted molar refractivity (Wildman–Crippen MR) is 108 cm³/mol. The Morgan fingerprint density at radius 3 is 3.00 bits per heavy atom. The van der Waals surface area contributed by atoms with Gasteiger partial charge in [-0.25, -0.2) is 4.99 Å². The van der Waals surface area contributed by atoms with Crippen molar-refractivity contribution in [1.29, 1.82) is 0 Å². The fraction of sp³-hybridized carbons (Fsp3) is 0.545. The Labute approximate surface area is 160 Å². The van der Waals surface area contributed by atoms with E-state index in [1.165, 1.54) is 36.6 Å². The molecule has 1 saturated heterocycles. The van der Waals surface area contributed by atoms with E-state index in [2.05, 4.69) is 46.8 Å². The van der Waals surface area contributed by atoms with Crippen molar-refractivity contribution in [2.45, 2.75) is 51.3 Å². The highest BCUT2D eigenvalue weighted by atomic mass is 16.5. The number of hydrogen-bond donors (Lipinski definition) is 2. The summed E-state index contributed by atoms with van der Waals surface area (Å²) >= 11 is 0. The van der Waals surface area contributed by atoms with Crippen molar-refractivity contribution in [2.24, 2.45) is 16.3 Å². The summed E-state index contributed by atoms with van der Waals surface area (Å²) in [6.07, 6.45) is 7.46. The maximum absolute atomic E-state index is 6.05. The van der Waals surface area contributed by atoms with Crippen LogP contribution in [-0.4, -0.2) is 36.2 Å². The summed E-state index contributed by atoms with van der Waals surface area (Å²) in [4.78, 5) is 9.38. The van der Waals surface area contributed by atoms with Crippen molar-refractivity contribution in [3.8, 4) is 0 Å². The molecule has 27 heavy (non-hydrogen) atoms. The average molecular weight is 364 g/mol. The first-order valence-electron chi connectivity index (χ1n) is 10.3. The third-order valence-corrected chi connectivity index (χ3v) is 6.82. The Hall–Kier alpha value is -2.14. The molecule has 1 aromatic heterocycles. The second-order valence-corrected chi connectivity index (χ2v) is 8.14. The topological polar surface area (TPSA) is 58.5 Å². The first kappa shape index (κ1) is 17.0. The third kappa shape index (κ3) is 2.71. The van der Waals surface area contributed by atoms with Crippen molar-refractivity contribution in [3.63, 3.8) is 0 Å². The van der Waals surface area contributed by atoms with Crippen LogP contribution in [0.3, 0.4) is 0 Å². The van der Waals surface area contributed by atoms with Gasteiger partial charge in [-0.15, -0.1) is 0 Å². The number of aromatic nitrogens is 1. The molecule has 5 heteroatoms. The van der Waals surface area contributed by atoms with Gasteiger partial charge in [0.05, 0.1) is 18.2 Å². The predicted octanol–water partition coefficient (Wildman–Crippen LogP) is 3.25. The van der Waals surface area contributed by atoms with Crippen LogP contribution in [0.15, 0.2) is 41.5 Å². The van der Waals surface area contributed by atoms with E-state index >= 15 is 0 Å². The molecular weight excluding hydrogens is 336 g/mol. The molecule has 1 aromatic carbocycles. The fourth-order valence-corrected chi connectivity index (χ4v) is 5.38. The monoisotopic (exact) mass is 364 g/mol. The molecule has 0 radical (unpaired) electrons.